The van der Waals surface area contributed by atoms with Crippen LogP contribution in [0.4, 0.5) is 0 Å². The van der Waals surface area contributed by atoms with Crippen molar-refractivity contribution in [3.05, 3.63) is 47.0 Å². The molecule has 0 aromatic heterocycles. The molecule has 1 heteroatoms. The third kappa shape index (κ3) is 1.45. The molecule has 2 aromatic rings. The van der Waals surface area contributed by atoms with Crippen molar-refractivity contribution in [2.75, 3.05) is 7.05 Å². The topological polar surface area (TPSA) is 3.24 Å². The summed E-state index contributed by atoms with van der Waals surface area (Å²) in [5, 5.41) is 2.84. The molecule has 0 amide bonds. The summed E-state index contributed by atoms with van der Waals surface area (Å²) >= 11 is 0. The van der Waals surface area contributed by atoms with Gasteiger partial charge in [-0.05, 0) is 69.1 Å². The number of benzene rings is 2. The first-order valence-corrected chi connectivity index (χ1v) is 7.05. The first-order chi connectivity index (χ1) is 8.78. The molecule has 2 aromatic carbocycles. The van der Waals surface area contributed by atoms with Crippen LogP contribution in [0.25, 0.3) is 10.8 Å². The normalized spacial score (nSPS) is 20.7. The standard InChI is InChI=1S/C18H23N/c1-12-10-11-13-8-7-9-14-15(13)16(12)18(4,5)19(6)17(14,2)3/h7-11H,1-6H3. The van der Waals surface area contributed by atoms with E-state index in [9.17, 15) is 0 Å². The van der Waals surface area contributed by atoms with E-state index in [1.165, 1.54) is 27.5 Å². The fourth-order valence-electron chi connectivity index (χ4n) is 3.83. The molecule has 19 heavy (non-hydrogen) atoms. The molecule has 0 N–H and O–H groups in total. The molecule has 0 spiro atoms. The average molecular weight is 253 g/mol. The maximum atomic E-state index is 2.50. The Morgan fingerprint density at radius 3 is 2.26 bits per heavy atom. The van der Waals surface area contributed by atoms with Gasteiger partial charge in [0, 0.05) is 11.1 Å². The molecule has 0 saturated carbocycles. The first-order valence-electron chi connectivity index (χ1n) is 7.05. The molecule has 0 unspecified atom stereocenters. The van der Waals surface area contributed by atoms with Crippen LogP contribution in [-0.2, 0) is 11.1 Å². The van der Waals surface area contributed by atoms with Crippen LogP contribution in [0.3, 0.4) is 0 Å². The van der Waals surface area contributed by atoms with E-state index in [-0.39, 0.29) is 11.1 Å². The second kappa shape index (κ2) is 3.61. The zero-order valence-corrected chi connectivity index (χ0v) is 12.8. The van der Waals surface area contributed by atoms with Crippen molar-refractivity contribution >= 4 is 10.8 Å². The van der Waals surface area contributed by atoms with Gasteiger partial charge in [-0.1, -0.05) is 30.3 Å². The van der Waals surface area contributed by atoms with Gasteiger partial charge < -0.3 is 0 Å². The highest BCUT2D eigenvalue weighted by atomic mass is 15.2. The van der Waals surface area contributed by atoms with Gasteiger partial charge in [0.1, 0.15) is 0 Å². The minimum atomic E-state index is 0.0570. The maximum Gasteiger partial charge on any atom is 0.0418 e. The highest BCUT2D eigenvalue weighted by Gasteiger charge is 2.43. The summed E-state index contributed by atoms with van der Waals surface area (Å²) in [5.41, 5.74) is 4.45. The lowest BCUT2D eigenvalue weighted by molar-refractivity contribution is 0.0350. The largest absolute Gasteiger partial charge is 0.288 e. The van der Waals surface area contributed by atoms with Crippen molar-refractivity contribution in [1.29, 1.82) is 0 Å². The second-order valence-corrected chi connectivity index (χ2v) is 6.84. The number of aryl methyl sites for hydroxylation is 1. The third-order valence-electron chi connectivity index (χ3n) is 5.20. The summed E-state index contributed by atoms with van der Waals surface area (Å²) in [4.78, 5) is 2.50. The summed E-state index contributed by atoms with van der Waals surface area (Å²) < 4.78 is 0. The lowest BCUT2D eigenvalue weighted by Gasteiger charge is -2.52. The van der Waals surface area contributed by atoms with Crippen LogP contribution >= 0.6 is 0 Å². The van der Waals surface area contributed by atoms with Crippen molar-refractivity contribution in [1.82, 2.24) is 4.90 Å². The van der Waals surface area contributed by atoms with Gasteiger partial charge in [-0.25, -0.2) is 0 Å². The van der Waals surface area contributed by atoms with Crippen LogP contribution in [-0.4, -0.2) is 11.9 Å². The molecular weight excluding hydrogens is 230 g/mol. The minimum Gasteiger partial charge on any atom is -0.288 e. The van der Waals surface area contributed by atoms with Crippen molar-refractivity contribution < 1.29 is 0 Å². The second-order valence-electron chi connectivity index (χ2n) is 6.84. The average Bonchev–Trinajstić information content (AvgIpc) is 2.35. The zero-order chi connectivity index (χ0) is 14.0. The van der Waals surface area contributed by atoms with Crippen molar-refractivity contribution in [3.8, 4) is 0 Å². The Kier molecular flexibility index (Phi) is 2.41. The van der Waals surface area contributed by atoms with E-state index in [1.54, 1.807) is 0 Å². The number of rotatable bonds is 0. The molecule has 100 valence electrons. The van der Waals surface area contributed by atoms with Gasteiger partial charge in [-0.2, -0.15) is 0 Å². The van der Waals surface area contributed by atoms with Gasteiger partial charge in [-0.3, -0.25) is 4.90 Å². The van der Waals surface area contributed by atoms with Gasteiger partial charge >= 0.3 is 0 Å². The quantitative estimate of drug-likeness (QED) is 0.665. The van der Waals surface area contributed by atoms with Crippen LogP contribution in [0.5, 0.6) is 0 Å². The molecule has 0 aliphatic carbocycles. The van der Waals surface area contributed by atoms with Crippen molar-refractivity contribution in [3.63, 3.8) is 0 Å². The highest BCUT2D eigenvalue weighted by molar-refractivity contribution is 5.92. The summed E-state index contributed by atoms with van der Waals surface area (Å²) in [7, 11) is 2.24. The lowest BCUT2D eigenvalue weighted by Crippen LogP contribution is -2.52. The summed E-state index contributed by atoms with van der Waals surface area (Å²) in [5.74, 6) is 0. The summed E-state index contributed by atoms with van der Waals surface area (Å²) in [6, 6.07) is 11.2. The summed E-state index contributed by atoms with van der Waals surface area (Å²) in [6.07, 6.45) is 0. The third-order valence-corrected chi connectivity index (χ3v) is 5.20. The highest BCUT2D eigenvalue weighted by Crippen LogP contribution is 2.49. The van der Waals surface area contributed by atoms with Crippen molar-refractivity contribution in [2.45, 2.75) is 45.7 Å². The van der Waals surface area contributed by atoms with Crippen LogP contribution in [0.15, 0.2) is 30.3 Å². The Labute approximate surface area is 116 Å². The molecular formula is C18H23N. The Morgan fingerprint density at radius 2 is 1.58 bits per heavy atom. The fraction of sp³-hybridized carbons (Fsp3) is 0.444. The van der Waals surface area contributed by atoms with E-state index in [0.29, 0.717) is 0 Å². The fourth-order valence-corrected chi connectivity index (χ4v) is 3.83. The van der Waals surface area contributed by atoms with Crippen LogP contribution in [0.1, 0.15) is 44.4 Å². The van der Waals surface area contributed by atoms with Crippen molar-refractivity contribution in [2.24, 2.45) is 0 Å². The maximum absolute atomic E-state index is 2.50. The predicted octanol–water partition coefficient (Wildman–Crippen LogP) is 4.56. The van der Waals surface area contributed by atoms with Gasteiger partial charge in [-0.15, -0.1) is 0 Å². The molecule has 1 heterocycles. The Bertz CT molecular complexity index is 665. The van der Waals surface area contributed by atoms with E-state index in [2.05, 4.69) is 76.9 Å². The molecule has 0 radical (unpaired) electrons. The summed E-state index contributed by atoms with van der Waals surface area (Å²) in [6.45, 7) is 11.6. The zero-order valence-electron chi connectivity index (χ0n) is 12.8. The van der Waals surface area contributed by atoms with E-state index < -0.39 is 0 Å². The number of hydrogen-bond acceptors (Lipinski definition) is 1. The van der Waals surface area contributed by atoms with E-state index >= 15 is 0 Å². The van der Waals surface area contributed by atoms with E-state index in [4.69, 9.17) is 0 Å². The SMILES string of the molecule is Cc1ccc2cccc3c2c1C(C)(C)N(C)C3(C)C. The smallest absolute Gasteiger partial charge is 0.0418 e. The molecule has 0 atom stereocenters. The predicted molar refractivity (Wildman–Crippen MR) is 82.5 cm³/mol. The molecule has 0 bridgehead atoms. The Morgan fingerprint density at radius 1 is 0.895 bits per heavy atom. The molecule has 1 nitrogen and oxygen atoms in total. The molecule has 3 rings (SSSR count). The Balaban J connectivity index is 2.56. The first kappa shape index (κ1) is 12.7. The molecule has 0 fully saturated rings. The van der Waals surface area contributed by atoms with Gasteiger partial charge in [0.25, 0.3) is 0 Å². The monoisotopic (exact) mass is 253 g/mol. The molecule has 1 aliphatic rings. The van der Waals surface area contributed by atoms with Crippen LogP contribution in [0.2, 0.25) is 0 Å². The van der Waals surface area contributed by atoms with E-state index in [1.807, 2.05) is 0 Å². The lowest BCUT2D eigenvalue weighted by atomic mass is 9.73. The number of nitrogens with zero attached hydrogens (tertiary/aromatic N) is 1. The number of hydrogen-bond donors (Lipinski definition) is 0. The van der Waals surface area contributed by atoms with Crippen LogP contribution in [0, 0.1) is 6.92 Å². The van der Waals surface area contributed by atoms with E-state index in [0.717, 1.165) is 0 Å². The molecule has 0 saturated heterocycles. The van der Waals surface area contributed by atoms with Gasteiger partial charge in [0.2, 0.25) is 0 Å². The Hall–Kier alpha value is -1.34. The minimum absolute atomic E-state index is 0.0570. The van der Waals surface area contributed by atoms with Crippen LogP contribution < -0.4 is 0 Å². The molecule has 1 aliphatic heterocycles. The van der Waals surface area contributed by atoms with Gasteiger partial charge in [0.15, 0.2) is 0 Å². The van der Waals surface area contributed by atoms with Gasteiger partial charge in [0.05, 0.1) is 0 Å².